The molecule has 2 aromatic carbocycles. The highest BCUT2D eigenvalue weighted by atomic mass is 127. The fourth-order valence-electron chi connectivity index (χ4n) is 2.12. The van der Waals surface area contributed by atoms with Gasteiger partial charge >= 0.3 is 0 Å². The Balaban J connectivity index is 1.64. The molecule has 0 unspecified atom stereocenters. The molecule has 0 heterocycles. The number of benzene rings is 2. The Bertz CT molecular complexity index is 628. The second-order valence-electron chi connectivity index (χ2n) is 5.33. The molecule has 0 atom stereocenters. The van der Waals surface area contributed by atoms with E-state index in [1.54, 1.807) is 0 Å². The summed E-state index contributed by atoms with van der Waals surface area (Å²) < 4.78 is 20.6. The van der Waals surface area contributed by atoms with Crippen LogP contribution < -0.4 is 10.1 Å². The van der Waals surface area contributed by atoms with E-state index in [1.807, 2.05) is 36.4 Å². The van der Waals surface area contributed by atoms with E-state index in [4.69, 9.17) is 4.74 Å². The molecule has 2 aromatic rings. The van der Waals surface area contributed by atoms with Gasteiger partial charge in [0.15, 0.2) is 0 Å². The van der Waals surface area contributed by atoms with E-state index >= 15 is 0 Å². The highest BCUT2D eigenvalue weighted by Crippen LogP contribution is 2.21. The predicted octanol–water partition coefficient (Wildman–Crippen LogP) is 4.26. The summed E-state index contributed by atoms with van der Waals surface area (Å²) in [6.07, 6.45) is 2.51. The van der Waals surface area contributed by atoms with Crippen molar-refractivity contribution in [1.29, 1.82) is 0 Å². The highest BCUT2D eigenvalue weighted by Gasteiger charge is 2.20. The van der Waals surface area contributed by atoms with Gasteiger partial charge in [-0.05, 0) is 71.3 Å². The first-order valence-electron chi connectivity index (χ1n) is 7.10. The minimum Gasteiger partial charge on any atom is -0.489 e. The lowest BCUT2D eigenvalue weighted by molar-refractivity contribution is 0.299. The third kappa shape index (κ3) is 4.41. The maximum Gasteiger partial charge on any atom is 0.129 e. The molecule has 0 aromatic heterocycles. The molecule has 0 saturated heterocycles. The molecule has 0 radical (unpaired) electrons. The van der Waals surface area contributed by atoms with Crippen molar-refractivity contribution in [3.05, 3.63) is 63.0 Å². The molecule has 3 rings (SSSR count). The van der Waals surface area contributed by atoms with Gasteiger partial charge in [-0.15, -0.1) is 0 Å². The zero-order valence-corrected chi connectivity index (χ0v) is 13.8. The first-order chi connectivity index (χ1) is 10.2. The van der Waals surface area contributed by atoms with Crippen molar-refractivity contribution < 1.29 is 9.13 Å². The highest BCUT2D eigenvalue weighted by molar-refractivity contribution is 14.1. The lowest BCUT2D eigenvalue weighted by Crippen LogP contribution is -2.15. The standard InChI is InChI=1S/C17H17FINO/c18-17-7-4-12(10-20-15-5-6-15)8-13(17)11-21-16-3-1-2-14(19)9-16/h1-4,7-9,15,20H,5-6,10-11H2. The van der Waals surface area contributed by atoms with E-state index in [0.29, 0.717) is 11.6 Å². The van der Waals surface area contributed by atoms with Gasteiger partial charge in [0.1, 0.15) is 18.2 Å². The van der Waals surface area contributed by atoms with Crippen molar-refractivity contribution in [2.24, 2.45) is 0 Å². The molecule has 1 aliphatic rings. The van der Waals surface area contributed by atoms with Gasteiger partial charge in [-0.3, -0.25) is 0 Å². The summed E-state index contributed by atoms with van der Waals surface area (Å²) >= 11 is 2.23. The molecule has 1 aliphatic carbocycles. The number of hydrogen-bond donors (Lipinski definition) is 1. The average molecular weight is 397 g/mol. The first-order valence-corrected chi connectivity index (χ1v) is 8.17. The van der Waals surface area contributed by atoms with Gasteiger partial charge in [0.25, 0.3) is 0 Å². The molecule has 0 bridgehead atoms. The molecule has 1 fully saturated rings. The lowest BCUT2D eigenvalue weighted by Gasteiger charge is -2.10. The second-order valence-corrected chi connectivity index (χ2v) is 6.57. The Morgan fingerprint density at radius 2 is 2.05 bits per heavy atom. The number of halogens is 2. The second kappa shape index (κ2) is 6.75. The Labute approximate surface area is 137 Å². The molecular formula is C17H17FINO. The molecule has 1 N–H and O–H groups in total. The molecular weight excluding hydrogens is 380 g/mol. The molecule has 110 valence electrons. The molecule has 0 amide bonds. The minimum absolute atomic E-state index is 0.212. The van der Waals surface area contributed by atoms with Crippen LogP contribution in [0.3, 0.4) is 0 Å². The normalized spacial score (nSPS) is 14.2. The summed E-state index contributed by atoms with van der Waals surface area (Å²) in [5.74, 6) is 0.554. The Kier molecular flexibility index (Phi) is 4.75. The number of rotatable bonds is 6. The van der Waals surface area contributed by atoms with Crippen LogP contribution in [0.4, 0.5) is 4.39 Å². The number of nitrogens with one attached hydrogen (secondary N) is 1. The number of hydrogen-bond acceptors (Lipinski definition) is 2. The topological polar surface area (TPSA) is 21.3 Å². The SMILES string of the molecule is Fc1ccc(CNC2CC2)cc1COc1cccc(I)c1. The Hall–Kier alpha value is -1.14. The van der Waals surface area contributed by atoms with Crippen LogP contribution in [0, 0.1) is 9.39 Å². The average Bonchev–Trinajstić information content (AvgIpc) is 3.29. The molecule has 21 heavy (non-hydrogen) atoms. The third-order valence-electron chi connectivity index (χ3n) is 3.47. The maximum absolute atomic E-state index is 13.9. The van der Waals surface area contributed by atoms with Crippen LogP contribution in [0.15, 0.2) is 42.5 Å². The molecule has 2 nitrogen and oxygen atoms in total. The minimum atomic E-state index is -0.212. The van der Waals surface area contributed by atoms with Gasteiger partial charge in [0, 0.05) is 21.7 Å². The summed E-state index contributed by atoms with van der Waals surface area (Å²) in [5.41, 5.74) is 1.70. The van der Waals surface area contributed by atoms with Crippen molar-refractivity contribution in [1.82, 2.24) is 5.32 Å². The largest absolute Gasteiger partial charge is 0.489 e. The fourth-order valence-corrected chi connectivity index (χ4v) is 2.63. The van der Waals surface area contributed by atoms with E-state index < -0.39 is 0 Å². The fraction of sp³-hybridized carbons (Fsp3) is 0.294. The third-order valence-corrected chi connectivity index (χ3v) is 4.14. The van der Waals surface area contributed by atoms with Gasteiger partial charge < -0.3 is 10.1 Å². The lowest BCUT2D eigenvalue weighted by atomic mass is 10.1. The van der Waals surface area contributed by atoms with Crippen molar-refractivity contribution in [2.45, 2.75) is 32.0 Å². The van der Waals surface area contributed by atoms with E-state index in [-0.39, 0.29) is 12.4 Å². The van der Waals surface area contributed by atoms with Crippen LogP contribution in [-0.4, -0.2) is 6.04 Å². The van der Waals surface area contributed by atoms with Crippen molar-refractivity contribution in [3.8, 4) is 5.75 Å². The van der Waals surface area contributed by atoms with Gasteiger partial charge in [-0.2, -0.15) is 0 Å². The van der Waals surface area contributed by atoms with E-state index in [2.05, 4.69) is 27.9 Å². The monoisotopic (exact) mass is 397 g/mol. The first kappa shape index (κ1) is 14.8. The van der Waals surface area contributed by atoms with E-state index in [1.165, 1.54) is 18.9 Å². The van der Waals surface area contributed by atoms with Crippen LogP contribution in [0.5, 0.6) is 5.75 Å². The molecule has 4 heteroatoms. The molecule has 0 spiro atoms. The van der Waals surface area contributed by atoms with E-state index in [0.717, 1.165) is 21.4 Å². The zero-order valence-electron chi connectivity index (χ0n) is 11.6. The van der Waals surface area contributed by atoms with Crippen LogP contribution in [0.2, 0.25) is 0 Å². The zero-order chi connectivity index (χ0) is 14.7. The van der Waals surface area contributed by atoms with Gasteiger partial charge in [0.05, 0.1) is 0 Å². The van der Waals surface area contributed by atoms with Crippen molar-refractivity contribution in [2.75, 3.05) is 0 Å². The van der Waals surface area contributed by atoms with Gasteiger partial charge in [-0.25, -0.2) is 4.39 Å². The van der Waals surface area contributed by atoms with Crippen LogP contribution >= 0.6 is 22.6 Å². The molecule has 1 saturated carbocycles. The Morgan fingerprint density at radius 3 is 2.81 bits per heavy atom. The summed E-state index contributed by atoms with van der Waals surface area (Å²) in [5, 5.41) is 3.44. The van der Waals surface area contributed by atoms with Gasteiger partial charge in [-0.1, -0.05) is 12.1 Å². The summed E-state index contributed by atoms with van der Waals surface area (Å²) in [7, 11) is 0. The smallest absolute Gasteiger partial charge is 0.129 e. The van der Waals surface area contributed by atoms with Crippen LogP contribution in [-0.2, 0) is 13.2 Å². The quantitative estimate of drug-likeness (QED) is 0.736. The summed E-state index contributed by atoms with van der Waals surface area (Å²) in [6.45, 7) is 1.05. The van der Waals surface area contributed by atoms with E-state index in [9.17, 15) is 4.39 Å². The van der Waals surface area contributed by atoms with Crippen molar-refractivity contribution in [3.63, 3.8) is 0 Å². The van der Waals surface area contributed by atoms with Gasteiger partial charge in [0.2, 0.25) is 0 Å². The number of ether oxygens (including phenoxy) is 1. The Morgan fingerprint density at radius 1 is 1.19 bits per heavy atom. The summed E-state index contributed by atoms with van der Waals surface area (Å²) in [6, 6.07) is 13.7. The predicted molar refractivity (Wildman–Crippen MR) is 89.8 cm³/mol. The molecule has 0 aliphatic heterocycles. The van der Waals surface area contributed by atoms with Crippen molar-refractivity contribution >= 4 is 22.6 Å². The van der Waals surface area contributed by atoms with Crippen LogP contribution in [0.25, 0.3) is 0 Å². The van der Waals surface area contributed by atoms with Crippen LogP contribution in [0.1, 0.15) is 24.0 Å². The maximum atomic E-state index is 13.9. The summed E-state index contributed by atoms with van der Waals surface area (Å²) in [4.78, 5) is 0.